The fourth-order valence-corrected chi connectivity index (χ4v) is 5.70. The Bertz CT molecular complexity index is 890. The van der Waals surface area contributed by atoms with Crippen molar-refractivity contribution in [3.8, 4) is 0 Å². The lowest BCUT2D eigenvalue weighted by molar-refractivity contribution is -0.138. The van der Waals surface area contributed by atoms with Gasteiger partial charge in [0, 0.05) is 58.3 Å². The van der Waals surface area contributed by atoms with Gasteiger partial charge in [0.2, 0.25) is 15.9 Å². The SMILES string of the molecule is CCN(CC)C(=O)N1CCC(C(=O)N2CCN(S(=O)(=O)c3ccccc3F)CC2)CC1. The number of piperidine rings is 1. The number of sulfonamides is 1. The molecule has 8 nitrogen and oxygen atoms in total. The van der Waals surface area contributed by atoms with Gasteiger partial charge in [-0.15, -0.1) is 0 Å². The van der Waals surface area contributed by atoms with Crippen LogP contribution < -0.4 is 0 Å². The predicted molar refractivity (Wildman–Crippen MR) is 114 cm³/mol. The molecule has 0 radical (unpaired) electrons. The zero-order valence-corrected chi connectivity index (χ0v) is 19.0. The molecule has 2 aliphatic heterocycles. The van der Waals surface area contributed by atoms with Crippen LogP contribution in [0, 0.1) is 11.7 Å². The van der Waals surface area contributed by atoms with Crippen molar-refractivity contribution < 1.29 is 22.4 Å². The van der Waals surface area contributed by atoms with Crippen LogP contribution >= 0.6 is 0 Å². The van der Waals surface area contributed by atoms with Gasteiger partial charge >= 0.3 is 6.03 Å². The van der Waals surface area contributed by atoms with E-state index in [0.717, 1.165) is 6.07 Å². The van der Waals surface area contributed by atoms with Crippen molar-refractivity contribution in [1.29, 1.82) is 0 Å². The number of hydrogen-bond donors (Lipinski definition) is 0. The Morgan fingerprint density at radius 3 is 2.10 bits per heavy atom. The standard InChI is InChI=1S/C21H31FN4O4S/c1-3-23(4-2)21(28)25-11-9-17(10-12-25)20(27)24-13-15-26(16-14-24)31(29,30)19-8-6-5-7-18(19)22/h5-8,17H,3-4,9-16H2,1-2H3. The summed E-state index contributed by atoms with van der Waals surface area (Å²) in [5, 5.41) is 0. The van der Waals surface area contributed by atoms with Gasteiger partial charge in [-0.1, -0.05) is 12.1 Å². The highest BCUT2D eigenvalue weighted by molar-refractivity contribution is 7.89. The van der Waals surface area contributed by atoms with Gasteiger partial charge in [-0.05, 0) is 38.8 Å². The normalized spacial score (nSPS) is 18.8. The van der Waals surface area contributed by atoms with E-state index in [1.54, 1.807) is 14.7 Å². The van der Waals surface area contributed by atoms with Crippen molar-refractivity contribution in [3.63, 3.8) is 0 Å². The molecule has 2 heterocycles. The molecule has 172 valence electrons. The Morgan fingerprint density at radius 1 is 0.968 bits per heavy atom. The lowest BCUT2D eigenvalue weighted by atomic mass is 9.95. The third-order valence-electron chi connectivity index (χ3n) is 6.15. The van der Waals surface area contributed by atoms with E-state index in [1.165, 1.54) is 22.5 Å². The number of amides is 3. The number of piperazine rings is 1. The molecule has 1 aromatic rings. The zero-order chi connectivity index (χ0) is 22.6. The average Bonchev–Trinajstić information content (AvgIpc) is 2.79. The molecule has 0 atom stereocenters. The fraction of sp³-hybridized carbons (Fsp3) is 0.619. The molecule has 31 heavy (non-hydrogen) atoms. The van der Waals surface area contributed by atoms with Crippen LogP contribution in [0.2, 0.25) is 0 Å². The van der Waals surface area contributed by atoms with Gasteiger partial charge in [-0.3, -0.25) is 4.79 Å². The van der Waals surface area contributed by atoms with Crippen molar-refractivity contribution >= 4 is 22.0 Å². The summed E-state index contributed by atoms with van der Waals surface area (Å²) in [5.41, 5.74) is 0. The van der Waals surface area contributed by atoms with Gasteiger partial charge in [-0.25, -0.2) is 17.6 Å². The molecule has 2 saturated heterocycles. The molecular formula is C21H31FN4O4S. The van der Waals surface area contributed by atoms with E-state index >= 15 is 0 Å². The van der Waals surface area contributed by atoms with Crippen molar-refractivity contribution in [2.45, 2.75) is 31.6 Å². The highest BCUT2D eigenvalue weighted by Crippen LogP contribution is 2.24. The first kappa shape index (κ1) is 23.5. The number of hydrogen-bond acceptors (Lipinski definition) is 4. The van der Waals surface area contributed by atoms with Crippen LogP contribution in [0.3, 0.4) is 0 Å². The van der Waals surface area contributed by atoms with E-state index in [9.17, 15) is 22.4 Å². The number of benzene rings is 1. The number of carbonyl (C=O) groups is 2. The van der Waals surface area contributed by atoms with E-state index in [4.69, 9.17) is 0 Å². The fourth-order valence-electron chi connectivity index (χ4n) is 4.21. The molecule has 3 amide bonds. The summed E-state index contributed by atoms with van der Waals surface area (Å²) in [4.78, 5) is 30.4. The molecule has 0 N–H and O–H groups in total. The molecule has 0 aliphatic carbocycles. The third kappa shape index (κ3) is 5.01. The van der Waals surface area contributed by atoms with Gasteiger partial charge in [-0.2, -0.15) is 4.31 Å². The molecule has 0 bridgehead atoms. The van der Waals surface area contributed by atoms with E-state index in [-0.39, 0.29) is 48.9 Å². The van der Waals surface area contributed by atoms with Crippen LogP contribution in [-0.2, 0) is 14.8 Å². The topological polar surface area (TPSA) is 81.2 Å². The predicted octanol–water partition coefficient (Wildman–Crippen LogP) is 1.83. The summed E-state index contributed by atoms with van der Waals surface area (Å²) in [6.45, 7) is 7.16. The van der Waals surface area contributed by atoms with Crippen LogP contribution in [0.5, 0.6) is 0 Å². The van der Waals surface area contributed by atoms with Crippen LogP contribution in [0.4, 0.5) is 9.18 Å². The Balaban J connectivity index is 1.53. The van der Waals surface area contributed by atoms with Gasteiger partial charge in [0.15, 0.2) is 0 Å². The maximum absolute atomic E-state index is 14.0. The highest BCUT2D eigenvalue weighted by atomic mass is 32.2. The van der Waals surface area contributed by atoms with E-state index in [1.807, 2.05) is 13.8 Å². The van der Waals surface area contributed by atoms with E-state index in [0.29, 0.717) is 39.0 Å². The Kier molecular flexibility index (Phi) is 7.53. The van der Waals surface area contributed by atoms with Crippen molar-refractivity contribution in [2.24, 2.45) is 5.92 Å². The molecule has 10 heteroatoms. The minimum Gasteiger partial charge on any atom is -0.340 e. The van der Waals surface area contributed by atoms with Crippen LogP contribution in [0.15, 0.2) is 29.2 Å². The zero-order valence-electron chi connectivity index (χ0n) is 18.2. The summed E-state index contributed by atoms with van der Waals surface area (Å²) >= 11 is 0. The first-order valence-electron chi connectivity index (χ1n) is 10.9. The Labute approximate surface area is 183 Å². The molecule has 0 unspecified atom stereocenters. The largest absolute Gasteiger partial charge is 0.340 e. The van der Waals surface area contributed by atoms with Crippen LogP contribution in [0.25, 0.3) is 0 Å². The van der Waals surface area contributed by atoms with Crippen LogP contribution in [-0.4, -0.2) is 91.7 Å². The number of urea groups is 1. The number of carbonyl (C=O) groups excluding carboxylic acids is 2. The maximum Gasteiger partial charge on any atom is 0.319 e. The number of nitrogens with zero attached hydrogens (tertiary/aromatic N) is 4. The van der Waals surface area contributed by atoms with E-state index < -0.39 is 15.8 Å². The van der Waals surface area contributed by atoms with Gasteiger partial charge in [0.25, 0.3) is 0 Å². The molecule has 0 aromatic heterocycles. The number of likely N-dealkylation sites (tertiary alicyclic amines) is 1. The van der Waals surface area contributed by atoms with Crippen LogP contribution in [0.1, 0.15) is 26.7 Å². The van der Waals surface area contributed by atoms with Gasteiger partial charge < -0.3 is 14.7 Å². The Hall–Kier alpha value is -2.20. The lowest BCUT2D eigenvalue weighted by Crippen LogP contribution is -2.53. The molecule has 3 rings (SSSR count). The minimum absolute atomic E-state index is 0.0119. The maximum atomic E-state index is 14.0. The quantitative estimate of drug-likeness (QED) is 0.680. The first-order valence-corrected chi connectivity index (χ1v) is 12.3. The summed E-state index contributed by atoms with van der Waals surface area (Å²) < 4.78 is 40.7. The molecule has 2 aliphatic rings. The third-order valence-corrected chi connectivity index (χ3v) is 8.09. The summed E-state index contributed by atoms with van der Waals surface area (Å²) in [6, 6.07) is 5.35. The molecular weight excluding hydrogens is 423 g/mol. The lowest BCUT2D eigenvalue weighted by Gasteiger charge is -2.39. The monoisotopic (exact) mass is 454 g/mol. The van der Waals surface area contributed by atoms with Gasteiger partial charge in [0.1, 0.15) is 10.7 Å². The summed E-state index contributed by atoms with van der Waals surface area (Å²) in [7, 11) is -3.93. The van der Waals surface area contributed by atoms with Gasteiger partial charge in [0.05, 0.1) is 0 Å². The molecule has 2 fully saturated rings. The smallest absolute Gasteiger partial charge is 0.319 e. The Morgan fingerprint density at radius 2 is 1.55 bits per heavy atom. The van der Waals surface area contributed by atoms with Crippen molar-refractivity contribution in [1.82, 2.24) is 19.0 Å². The second-order valence-corrected chi connectivity index (χ2v) is 9.78. The molecule has 1 aromatic carbocycles. The van der Waals surface area contributed by atoms with E-state index in [2.05, 4.69) is 0 Å². The van der Waals surface area contributed by atoms with Crippen molar-refractivity contribution in [3.05, 3.63) is 30.1 Å². The highest BCUT2D eigenvalue weighted by Gasteiger charge is 2.35. The first-order chi connectivity index (χ1) is 14.8. The van der Waals surface area contributed by atoms with Crippen molar-refractivity contribution in [2.75, 3.05) is 52.4 Å². The number of halogens is 1. The molecule has 0 spiro atoms. The number of rotatable bonds is 5. The second-order valence-electron chi connectivity index (χ2n) is 7.88. The summed E-state index contributed by atoms with van der Waals surface area (Å²) in [5.74, 6) is -0.916. The summed E-state index contributed by atoms with van der Waals surface area (Å²) in [6.07, 6.45) is 1.22. The minimum atomic E-state index is -3.93. The molecule has 0 saturated carbocycles. The second kappa shape index (κ2) is 9.95. The average molecular weight is 455 g/mol.